The van der Waals surface area contributed by atoms with Crippen molar-refractivity contribution in [3.05, 3.63) is 50.1 Å². The smallest absolute Gasteiger partial charge is 0.337 e. The van der Waals surface area contributed by atoms with Crippen LogP contribution in [0.2, 0.25) is 8.67 Å². The van der Waals surface area contributed by atoms with Crippen molar-refractivity contribution in [3.63, 3.8) is 0 Å². The van der Waals surface area contributed by atoms with Gasteiger partial charge in [-0.05, 0) is 18.2 Å². The van der Waals surface area contributed by atoms with Crippen molar-refractivity contribution in [3.8, 4) is 0 Å². The molecule has 0 atom stereocenters. The second-order valence-corrected chi connectivity index (χ2v) is 5.83. The average Bonchev–Trinajstić information content (AvgIpc) is 2.69. The number of thiophene rings is 1. The predicted molar refractivity (Wildman–Crippen MR) is 75.7 cm³/mol. The number of benzene rings is 1. The maximum atomic E-state index is 12.0. The van der Waals surface area contributed by atoms with E-state index in [2.05, 4.69) is 5.32 Å². The second-order valence-electron chi connectivity index (χ2n) is 3.54. The largest absolute Gasteiger partial charge is 0.478 e. The zero-order chi connectivity index (χ0) is 14.0. The van der Waals surface area contributed by atoms with E-state index in [0.29, 0.717) is 4.34 Å². The first kappa shape index (κ1) is 13.9. The molecule has 1 heterocycles. The van der Waals surface area contributed by atoms with Gasteiger partial charge in [0.1, 0.15) is 4.34 Å². The molecule has 2 N–H and O–H groups in total. The zero-order valence-corrected chi connectivity index (χ0v) is 11.6. The van der Waals surface area contributed by atoms with Gasteiger partial charge in [0.25, 0.3) is 5.91 Å². The highest BCUT2D eigenvalue weighted by molar-refractivity contribution is 7.20. The van der Waals surface area contributed by atoms with E-state index in [1.54, 1.807) is 12.1 Å². The Morgan fingerprint density at radius 3 is 2.42 bits per heavy atom. The lowest BCUT2D eigenvalue weighted by Crippen LogP contribution is -2.14. The van der Waals surface area contributed by atoms with Crippen LogP contribution in [-0.2, 0) is 0 Å². The summed E-state index contributed by atoms with van der Waals surface area (Å²) < 4.78 is 0.650. The van der Waals surface area contributed by atoms with Crippen LogP contribution in [-0.4, -0.2) is 17.0 Å². The maximum absolute atomic E-state index is 12.0. The summed E-state index contributed by atoms with van der Waals surface area (Å²) in [6.45, 7) is 0. The molecule has 2 rings (SSSR count). The van der Waals surface area contributed by atoms with E-state index in [1.807, 2.05) is 0 Å². The highest BCUT2D eigenvalue weighted by Gasteiger charge is 2.17. The van der Waals surface area contributed by atoms with Gasteiger partial charge in [-0.1, -0.05) is 35.3 Å². The van der Waals surface area contributed by atoms with Crippen LogP contribution >= 0.6 is 34.5 Å². The second kappa shape index (κ2) is 5.61. The average molecular weight is 316 g/mol. The monoisotopic (exact) mass is 315 g/mol. The Morgan fingerprint density at radius 1 is 1.16 bits per heavy atom. The number of carbonyl (C=O) groups is 2. The number of hydrogen-bond donors (Lipinski definition) is 2. The van der Waals surface area contributed by atoms with Crippen molar-refractivity contribution in [2.24, 2.45) is 0 Å². The summed E-state index contributed by atoms with van der Waals surface area (Å²) in [5, 5.41) is 11.5. The number of halogens is 2. The van der Waals surface area contributed by atoms with Crippen molar-refractivity contribution in [2.45, 2.75) is 0 Å². The lowest BCUT2D eigenvalue weighted by molar-refractivity contribution is 0.0698. The van der Waals surface area contributed by atoms with Gasteiger partial charge in [0.05, 0.1) is 21.2 Å². The number of carboxylic acid groups (broad SMARTS) is 1. The van der Waals surface area contributed by atoms with E-state index in [0.717, 1.165) is 11.3 Å². The summed E-state index contributed by atoms with van der Waals surface area (Å²) in [5.74, 6) is -1.62. The summed E-state index contributed by atoms with van der Waals surface area (Å²) in [7, 11) is 0. The Labute approximate surface area is 122 Å². The van der Waals surface area contributed by atoms with Gasteiger partial charge in [-0.2, -0.15) is 0 Å². The molecule has 0 aliphatic rings. The van der Waals surface area contributed by atoms with Crippen LogP contribution in [0.15, 0.2) is 30.3 Å². The van der Waals surface area contributed by atoms with Crippen LogP contribution in [0.4, 0.5) is 5.69 Å². The van der Waals surface area contributed by atoms with E-state index < -0.39 is 11.9 Å². The molecule has 7 heteroatoms. The number of aromatic carboxylic acids is 1. The van der Waals surface area contributed by atoms with Gasteiger partial charge in [0.15, 0.2) is 0 Å². The SMILES string of the molecule is O=C(O)c1ccccc1NC(=O)c1cc(Cl)sc1Cl. The molecule has 0 saturated heterocycles. The minimum absolute atomic E-state index is 0.00768. The number of rotatable bonds is 3. The molecule has 0 radical (unpaired) electrons. The van der Waals surface area contributed by atoms with Gasteiger partial charge >= 0.3 is 5.97 Å². The van der Waals surface area contributed by atoms with Gasteiger partial charge in [-0.3, -0.25) is 4.79 Å². The standard InChI is InChI=1S/C12H7Cl2NO3S/c13-9-5-7(10(14)19-9)11(16)15-8-4-2-1-3-6(8)12(17)18/h1-5H,(H,15,16)(H,17,18). The summed E-state index contributed by atoms with van der Waals surface area (Å²) >= 11 is 12.7. The number of hydrogen-bond acceptors (Lipinski definition) is 3. The third-order valence-corrected chi connectivity index (χ3v) is 3.79. The van der Waals surface area contributed by atoms with E-state index >= 15 is 0 Å². The number of para-hydroxylation sites is 1. The van der Waals surface area contributed by atoms with Crippen molar-refractivity contribution >= 4 is 52.1 Å². The molecule has 0 aliphatic carbocycles. The predicted octanol–water partition coefficient (Wildman–Crippen LogP) is 4.01. The van der Waals surface area contributed by atoms with Crippen molar-refractivity contribution in [1.82, 2.24) is 0 Å². The van der Waals surface area contributed by atoms with Gasteiger partial charge in [-0.15, -0.1) is 11.3 Å². The molecule has 0 aliphatic heterocycles. The Balaban J connectivity index is 2.29. The first-order valence-corrected chi connectivity index (χ1v) is 6.65. The first-order valence-electron chi connectivity index (χ1n) is 5.07. The molecule has 0 bridgehead atoms. The summed E-state index contributed by atoms with van der Waals surface area (Å²) in [4.78, 5) is 23.0. The molecular formula is C12H7Cl2NO3S. The third-order valence-electron chi connectivity index (χ3n) is 2.31. The fourth-order valence-electron chi connectivity index (χ4n) is 1.46. The summed E-state index contributed by atoms with van der Waals surface area (Å²) in [6, 6.07) is 7.55. The lowest BCUT2D eigenvalue weighted by Gasteiger charge is -2.07. The van der Waals surface area contributed by atoms with Crippen LogP contribution in [0.3, 0.4) is 0 Å². The molecular weight excluding hydrogens is 309 g/mol. The molecule has 4 nitrogen and oxygen atoms in total. The molecule has 0 spiro atoms. The Morgan fingerprint density at radius 2 is 1.84 bits per heavy atom. The Hall–Kier alpha value is -1.56. The van der Waals surface area contributed by atoms with E-state index in [1.165, 1.54) is 18.2 Å². The molecule has 1 aromatic heterocycles. The fraction of sp³-hybridized carbons (Fsp3) is 0. The van der Waals surface area contributed by atoms with Gasteiger partial charge in [0, 0.05) is 0 Å². The highest BCUT2D eigenvalue weighted by atomic mass is 35.5. The molecule has 0 saturated carbocycles. The van der Waals surface area contributed by atoms with Crippen LogP contribution < -0.4 is 5.32 Å². The minimum atomic E-state index is -1.12. The van der Waals surface area contributed by atoms with E-state index in [-0.39, 0.29) is 21.2 Å². The lowest BCUT2D eigenvalue weighted by atomic mass is 10.1. The molecule has 19 heavy (non-hydrogen) atoms. The normalized spacial score (nSPS) is 10.2. The molecule has 0 fully saturated rings. The minimum Gasteiger partial charge on any atom is -0.478 e. The molecule has 1 aromatic carbocycles. The summed E-state index contributed by atoms with van der Waals surface area (Å²) in [5.41, 5.74) is 0.434. The number of carboxylic acids is 1. The Bertz CT molecular complexity index is 654. The van der Waals surface area contributed by atoms with Crippen LogP contribution in [0.25, 0.3) is 0 Å². The van der Waals surface area contributed by atoms with Crippen molar-refractivity contribution in [2.75, 3.05) is 5.32 Å². The molecule has 2 aromatic rings. The van der Waals surface area contributed by atoms with Gasteiger partial charge in [0.2, 0.25) is 0 Å². The third kappa shape index (κ3) is 3.07. The molecule has 1 amide bonds. The number of carbonyl (C=O) groups excluding carboxylic acids is 1. The van der Waals surface area contributed by atoms with Crippen LogP contribution in [0.5, 0.6) is 0 Å². The van der Waals surface area contributed by atoms with Gasteiger partial charge in [-0.25, -0.2) is 4.79 Å². The maximum Gasteiger partial charge on any atom is 0.337 e. The first-order chi connectivity index (χ1) is 8.99. The highest BCUT2D eigenvalue weighted by Crippen LogP contribution is 2.31. The number of nitrogens with one attached hydrogen (secondary N) is 1. The molecule has 0 unspecified atom stereocenters. The molecule has 98 valence electrons. The topological polar surface area (TPSA) is 66.4 Å². The van der Waals surface area contributed by atoms with Crippen LogP contribution in [0.1, 0.15) is 20.7 Å². The van der Waals surface area contributed by atoms with E-state index in [4.69, 9.17) is 28.3 Å². The Kier molecular flexibility index (Phi) is 4.09. The zero-order valence-electron chi connectivity index (χ0n) is 9.31. The fourth-order valence-corrected chi connectivity index (χ4v) is 2.92. The van der Waals surface area contributed by atoms with Crippen LogP contribution in [0, 0.1) is 0 Å². The van der Waals surface area contributed by atoms with E-state index in [9.17, 15) is 9.59 Å². The van der Waals surface area contributed by atoms with Crippen molar-refractivity contribution in [1.29, 1.82) is 0 Å². The van der Waals surface area contributed by atoms with Gasteiger partial charge < -0.3 is 10.4 Å². The van der Waals surface area contributed by atoms with Crippen molar-refractivity contribution < 1.29 is 14.7 Å². The number of amides is 1. The quantitative estimate of drug-likeness (QED) is 0.899. The number of anilines is 1. The summed E-state index contributed by atoms with van der Waals surface area (Å²) in [6.07, 6.45) is 0.